The molecule has 5 nitrogen and oxygen atoms in total. The summed E-state index contributed by atoms with van der Waals surface area (Å²) < 4.78 is 5.34. The van der Waals surface area contributed by atoms with Crippen molar-refractivity contribution >= 4 is 22.6 Å². The van der Waals surface area contributed by atoms with Crippen LogP contribution in [-0.4, -0.2) is 42.1 Å². The van der Waals surface area contributed by atoms with E-state index in [4.69, 9.17) is 4.74 Å². The van der Waals surface area contributed by atoms with Gasteiger partial charge in [-0.15, -0.1) is 0 Å². The Morgan fingerprint density at radius 2 is 2.05 bits per heavy atom. The highest BCUT2D eigenvalue weighted by Crippen LogP contribution is 2.21. The van der Waals surface area contributed by atoms with Crippen LogP contribution in [0.5, 0.6) is 0 Å². The van der Waals surface area contributed by atoms with Gasteiger partial charge >= 0.3 is 0 Å². The Hall–Kier alpha value is -2.01. The molecule has 0 radical (unpaired) electrons. The number of Topliss-reactive ketones (excluding diaryl/α,β-unsaturated/α-hetero) is 1. The predicted octanol–water partition coefficient (Wildman–Crippen LogP) is 1.98. The van der Waals surface area contributed by atoms with Gasteiger partial charge in [0.25, 0.3) is 0 Å². The molecule has 20 heavy (non-hydrogen) atoms. The first-order valence-corrected chi connectivity index (χ1v) is 6.76. The van der Waals surface area contributed by atoms with Crippen molar-refractivity contribution in [2.45, 2.75) is 13.8 Å². The molecule has 0 bridgehead atoms. The lowest BCUT2D eigenvalue weighted by molar-refractivity contribution is 0.101. The number of benzene rings is 1. The molecule has 3 rings (SSSR count). The molecular weight excluding hydrogens is 254 g/mol. The molecule has 0 saturated carbocycles. The number of morpholine rings is 1. The number of hydrogen-bond donors (Lipinski definition) is 0. The largest absolute Gasteiger partial charge is 0.378 e. The smallest absolute Gasteiger partial charge is 0.162 e. The van der Waals surface area contributed by atoms with Gasteiger partial charge in [0.05, 0.1) is 24.9 Å². The maximum atomic E-state index is 11.8. The number of hydrogen-bond acceptors (Lipinski definition) is 5. The number of carbonyl (C=O) groups is 1. The zero-order chi connectivity index (χ0) is 14.1. The maximum Gasteiger partial charge on any atom is 0.162 e. The van der Waals surface area contributed by atoms with Crippen LogP contribution < -0.4 is 4.90 Å². The highest BCUT2D eigenvalue weighted by atomic mass is 16.5. The van der Waals surface area contributed by atoms with Gasteiger partial charge in [-0.25, -0.2) is 4.98 Å². The fourth-order valence-electron chi connectivity index (χ4n) is 2.46. The lowest BCUT2D eigenvalue weighted by atomic mass is 10.1. The van der Waals surface area contributed by atoms with E-state index in [0.29, 0.717) is 24.3 Å². The Morgan fingerprint density at radius 3 is 2.75 bits per heavy atom. The normalized spacial score (nSPS) is 15.6. The highest BCUT2D eigenvalue weighted by molar-refractivity contribution is 6.05. The summed E-state index contributed by atoms with van der Waals surface area (Å²) in [4.78, 5) is 23.0. The Morgan fingerprint density at radius 1 is 1.30 bits per heavy atom. The molecule has 0 atom stereocenters. The van der Waals surface area contributed by atoms with E-state index in [2.05, 4.69) is 14.9 Å². The summed E-state index contributed by atoms with van der Waals surface area (Å²) in [7, 11) is 0. The van der Waals surface area contributed by atoms with Crippen LogP contribution in [0, 0.1) is 6.92 Å². The van der Waals surface area contributed by atoms with Gasteiger partial charge < -0.3 is 9.64 Å². The van der Waals surface area contributed by atoms with Gasteiger partial charge in [-0.05, 0) is 31.5 Å². The van der Waals surface area contributed by atoms with E-state index >= 15 is 0 Å². The molecule has 2 heterocycles. The number of nitrogens with zero attached hydrogens (tertiary/aromatic N) is 3. The predicted molar refractivity (Wildman–Crippen MR) is 77.3 cm³/mol. The molecule has 2 aromatic rings. The van der Waals surface area contributed by atoms with Crippen LogP contribution >= 0.6 is 0 Å². The second-order valence-electron chi connectivity index (χ2n) is 5.06. The molecule has 1 aliphatic rings. The quantitative estimate of drug-likeness (QED) is 0.782. The Labute approximate surface area is 117 Å². The van der Waals surface area contributed by atoms with Crippen LogP contribution in [0.3, 0.4) is 0 Å². The third-order valence-electron chi connectivity index (χ3n) is 3.49. The molecule has 0 N–H and O–H groups in total. The van der Waals surface area contributed by atoms with Crippen LogP contribution in [-0.2, 0) is 4.74 Å². The van der Waals surface area contributed by atoms with E-state index < -0.39 is 0 Å². The first-order chi connectivity index (χ1) is 9.65. The molecule has 1 aromatic carbocycles. The van der Waals surface area contributed by atoms with Gasteiger partial charge in [-0.2, -0.15) is 0 Å². The Balaban J connectivity index is 2.11. The zero-order valence-electron chi connectivity index (χ0n) is 11.7. The highest BCUT2D eigenvalue weighted by Gasteiger charge is 2.15. The summed E-state index contributed by atoms with van der Waals surface area (Å²) >= 11 is 0. The second kappa shape index (κ2) is 5.17. The molecule has 0 unspecified atom stereocenters. The van der Waals surface area contributed by atoms with Crippen LogP contribution in [0.1, 0.15) is 22.8 Å². The lowest BCUT2D eigenvalue weighted by Crippen LogP contribution is -2.36. The summed E-state index contributed by atoms with van der Waals surface area (Å²) in [5.74, 6) is 0.833. The van der Waals surface area contributed by atoms with Crippen LogP contribution in [0.15, 0.2) is 18.3 Å². The van der Waals surface area contributed by atoms with Crippen molar-refractivity contribution < 1.29 is 9.53 Å². The van der Waals surface area contributed by atoms with Crippen molar-refractivity contribution in [3.8, 4) is 0 Å². The summed E-state index contributed by atoms with van der Waals surface area (Å²) in [6.45, 7) is 6.55. The molecule has 0 aliphatic carbocycles. The molecule has 1 fully saturated rings. The molecule has 104 valence electrons. The molecule has 0 spiro atoms. The fraction of sp³-hybridized carbons (Fsp3) is 0.400. The van der Waals surface area contributed by atoms with Gasteiger partial charge in [0.1, 0.15) is 11.3 Å². The van der Waals surface area contributed by atoms with Crippen molar-refractivity contribution in [3.63, 3.8) is 0 Å². The van der Waals surface area contributed by atoms with E-state index in [1.807, 2.05) is 19.1 Å². The Kier molecular flexibility index (Phi) is 3.36. The van der Waals surface area contributed by atoms with Crippen LogP contribution in [0.4, 0.5) is 5.82 Å². The molecule has 1 aromatic heterocycles. The number of rotatable bonds is 2. The molecule has 1 saturated heterocycles. The summed E-state index contributed by atoms with van der Waals surface area (Å²) in [5, 5.41) is 0. The molecule has 1 aliphatic heterocycles. The van der Waals surface area contributed by atoms with Gasteiger partial charge in [0.15, 0.2) is 5.78 Å². The number of aromatic nitrogens is 2. The standard InChI is InChI=1S/C15H17N3O2/c1-10-7-12(11(2)19)15-13(8-10)16-9-14(17-15)18-3-5-20-6-4-18/h7-9H,3-6H2,1-2H3. The van der Waals surface area contributed by atoms with Crippen LogP contribution in [0.25, 0.3) is 11.0 Å². The van der Waals surface area contributed by atoms with Gasteiger partial charge in [0, 0.05) is 18.7 Å². The molecule has 5 heteroatoms. The third-order valence-corrected chi connectivity index (χ3v) is 3.49. The van der Waals surface area contributed by atoms with E-state index in [0.717, 1.165) is 30.0 Å². The van der Waals surface area contributed by atoms with Gasteiger partial charge in [-0.1, -0.05) is 0 Å². The summed E-state index contributed by atoms with van der Waals surface area (Å²) in [5.41, 5.74) is 3.12. The maximum absolute atomic E-state index is 11.8. The van der Waals surface area contributed by atoms with E-state index in [1.165, 1.54) is 0 Å². The monoisotopic (exact) mass is 271 g/mol. The Bertz CT molecular complexity index is 663. The number of ether oxygens (including phenoxy) is 1. The van der Waals surface area contributed by atoms with E-state index in [9.17, 15) is 4.79 Å². The first kappa shape index (κ1) is 13.0. The lowest BCUT2D eigenvalue weighted by Gasteiger charge is -2.27. The minimum atomic E-state index is 0.0205. The van der Waals surface area contributed by atoms with Crippen molar-refractivity contribution in [1.82, 2.24) is 9.97 Å². The molecule has 0 amide bonds. The van der Waals surface area contributed by atoms with Crippen molar-refractivity contribution in [2.75, 3.05) is 31.2 Å². The minimum Gasteiger partial charge on any atom is -0.378 e. The number of carbonyl (C=O) groups excluding carboxylic acids is 1. The van der Waals surface area contributed by atoms with Crippen molar-refractivity contribution in [2.24, 2.45) is 0 Å². The number of aryl methyl sites for hydroxylation is 1. The second-order valence-corrected chi connectivity index (χ2v) is 5.06. The van der Waals surface area contributed by atoms with Crippen molar-refractivity contribution in [3.05, 3.63) is 29.5 Å². The fourth-order valence-corrected chi connectivity index (χ4v) is 2.46. The first-order valence-electron chi connectivity index (χ1n) is 6.76. The summed E-state index contributed by atoms with van der Waals surface area (Å²) in [6, 6.07) is 3.83. The minimum absolute atomic E-state index is 0.0205. The van der Waals surface area contributed by atoms with E-state index in [-0.39, 0.29) is 5.78 Å². The third kappa shape index (κ3) is 2.36. The van der Waals surface area contributed by atoms with Crippen molar-refractivity contribution in [1.29, 1.82) is 0 Å². The number of fused-ring (bicyclic) bond motifs is 1. The number of anilines is 1. The zero-order valence-corrected chi connectivity index (χ0v) is 11.7. The average molecular weight is 271 g/mol. The van der Waals surface area contributed by atoms with Gasteiger partial charge in [0.2, 0.25) is 0 Å². The number of ketones is 1. The van der Waals surface area contributed by atoms with Crippen LogP contribution in [0.2, 0.25) is 0 Å². The summed E-state index contributed by atoms with van der Waals surface area (Å²) in [6.07, 6.45) is 1.77. The topological polar surface area (TPSA) is 55.3 Å². The van der Waals surface area contributed by atoms with Gasteiger partial charge in [-0.3, -0.25) is 9.78 Å². The average Bonchev–Trinajstić information content (AvgIpc) is 2.46. The molecular formula is C15H17N3O2. The SMILES string of the molecule is CC(=O)c1cc(C)cc2ncc(N3CCOCC3)nc12. The van der Waals surface area contributed by atoms with E-state index in [1.54, 1.807) is 13.1 Å².